The molecule has 15 heavy (non-hydrogen) atoms. The van der Waals surface area contributed by atoms with E-state index in [0.717, 1.165) is 10.0 Å². The lowest BCUT2D eigenvalue weighted by molar-refractivity contribution is 0.685. The number of anilines is 1. The minimum atomic E-state index is 0.271. The first-order chi connectivity index (χ1) is 7.16. The molecule has 6 heteroatoms. The van der Waals surface area contributed by atoms with Gasteiger partial charge >= 0.3 is 0 Å². The highest BCUT2D eigenvalue weighted by molar-refractivity contribution is 9.10. The lowest BCUT2D eigenvalue weighted by atomic mass is 10.2. The van der Waals surface area contributed by atoms with Gasteiger partial charge in [0.1, 0.15) is 6.33 Å². The lowest BCUT2D eigenvalue weighted by Gasteiger charge is -2.05. The van der Waals surface area contributed by atoms with E-state index in [2.05, 4.69) is 26.0 Å². The van der Waals surface area contributed by atoms with E-state index in [1.807, 2.05) is 18.2 Å². The Hall–Kier alpha value is -1.07. The van der Waals surface area contributed by atoms with Crippen LogP contribution >= 0.6 is 27.5 Å². The van der Waals surface area contributed by atoms with Gasteiger partial charge in [0.05, 0.1) is 11.6 Å². The molecule has 0 aliphatic rings. The van der Waals surface area contributed by atoms with Gasteiger partial charge in [0.2, 0.25) is 5.95 Å². The third kappa shape index (κ3) is 2.30. The second-order valence-corrected chi connectivity index (χ2v) is 4.21. The van der Waals surface area contributed by atoms with Crippen LogP contribution < -0.4 is 5.73 Å². The fourth-order valence-electron chi connectivity index (χ4n) is 1.23. The molecule has 1 aromatic heterocycles. The zero-order valence-electron chi connectivity index (χ0n) is 7.69. The molecule has 0 fully saturated rings. The van der Waals surface area contributed by atoms with Crippen LogP contribution in [-0.4, -0.2) is 14.8 Å². The summed E-state index contributed by atoms with van der Waals surface area (Å²) in [7, 11) is 0. The normalized spacial score (nSPS) is 10.5. The Morgan fingerprint density at radius 1 is 1.47 bits per heavy atom. The average Bonchev–Trinajstić information content (AvgIpc) is 2.59. The average molecular weight is 288 g/mol. The smallest absolute Gasteiger partial charge is 0.239 e. The van der Waals surface area contributed by atoms with E-state index < -0.39 is 0 Å². The first-order valence-electron chi connectivity index (χ1n) is 4.24. The van der Waals surface area contributed by atoms with Gasteiger partial charge in [-0.1, -0.05) is 23.7 Å². The van der Waals surface area contributed by atoms with Crippen LogP contribution in [0.2, 0.25) is 5.02 Å². The van der Waals surface area contributed by atoms with Crippen LogP contribution in [0.3, 0.4) is 0 Å². The van der Waals surface area contributed by atoms with Crippen molar-refractivity contribution in [2.24, 2.45) is 0 Å². The molecule has 1 aromatic carbocycles. The standard InChI is InChI=1S/C9H8BrClN4/c10-8-6(2-1-3-7(8)11)4-15-5-13-9(12)14-15/h1-3,5H,4H2,(H2,12,14). The minimum Gasteiger partial charge on any atom is -0.367 e. The summed E-state index contributed by atoms with van der Waals surface area (Å²) in [5.74, 6) is 0.271. The molecule has 0 saturated heterocycles. The molecule has 0 saturated carbocycles. The molecule has 2 N–H and O–H groups in total. The molecule has 0 bridgehead atoms. The number of nitrogens with zero attached hydrogens (tertiary/aromatic N) is 3. The number of aromatic nitrogens is 3. The number of rotatable bonds is 2. The second kappa shape index (κ2) is 4.20. The Morgan fingerprint density at radius 3 is 2.93 bits per heavy atom. The number of nitrogens with two attached hydrogens (primary N) is 1. The zero-order chi connectivity index (χ0) is 10.8. The van der Waals surface area contributed by atoms with Crippen molar-refractivity contribution in [2.75, 3.05) is 5.73 Å². The van der Waals surface area contributed by atoms with Gasteiger partial charge in [-0.2, -0.15) is 0 Å². The molecule has 0 unspecified atom stereocenters. The van der Waals surface area contributed by atoms with E-state index in [1.54, 1.807) is 11.0 Å². The van der Waals surface area contributed by atoms with Crippen LogP contribution in [0.1, 0.15) is 5.56 Å². The molecule has 2 aromatic rings. The third-order valence-electron chi connectivity index (χ3n) is 1.92. The first kappa shape index (κ1) is 10.4. The molecule has 0 aliphatic heterocycles. The van der Waals surface area contributed by atoms with E-state index in [0.29, 0.717) is 11.6 Å². The number of hydrogen-bond acceptors (Lipinski definition) is 3. The number of nitrogen functional groups attached to an aromatic ring is 1. The molecule has 0 atom stereocenters. The SMILES string of the molecule is Nc1ncn(Cc2cccc(Cl)c2Br)n1. The zero-order valence-corrected chi connectivity index (χ0v) is 10.0. The topological polar surface area (TPSA) is 56.7 Å². The summed E-state index contributed by atoms with van der Waals surface area (Å²) in [6.45, 7) is 0.589. The highest BCUT2D eigenvalue weighted by atomic mass is 79.9. The van der Waals surface area contributed by atoms with Gasteiger partial charge < -0.3 is 5.73 Å². The van der Waals surface area contributed by atoms with Gasteiger partial charge in [-0.25, -0.2) is 9.67 Å². The maximum Gasteiger partial charge on any atom is 0.239 e. The van der Waals surface area contributed by atoms with Crippen molar-refractivity contribution >= 4 is 33.5 Å². The van der Waals surface area contributed by atoms with Crippen molar-refractivity contribution in [1.29, 1.82) is 0 Å². The van der Waals surface area contributed by atoms with Crippen LogP contribution in [0.4, 0.5) is 5.95 Å². The Kier molecular flexibility index (Phi) is 2.93. The summed E-state index contributed by atoms with van der Waals surface area (Å²) in [6.07, 6.45) is 1.59. The first-order valence-corrected chi connectivity index (χ1v) is 5.42. The lowest BCUT2D eigenvalue weighted by Crippen LogP contribution is -2.01. The van der Waals surface area contributed by atoms with Crippen LogP contribution in [-0.2, 0) is 6.54 Å². The third-order valence-corrected chi connectivity index (χ3v) is 3.40. The summed E-state index contributed by atoms with van der Waals surface area (Å²) in [4.78, 5) is 3.85. The van der Waals surface area contributed by atoms with E-state index in [9.17, 15) is 0 Å². The molecule has 0 radical (unpaired) electrons. The second-order valence-electron chi connectivity index (χ2n) is 3.01. The van der Waals surface area contributed by atoms with E-state index in [4.69, 9.17) is 17.3 Å². The van der Waals surface area contributed by atoms with Crippen molar-refractivity contribution in [3.8, 4) is 0 Å². The Balaban J connectivity index is 2.28. The van der Waals surface area contributed by atoms with Gasteiger partial charge in [0.15, 0.2) is 0 Å². The Morgan fingerprint density at radius 2 is 2.27 bits per heavy atom. The van der Waals surface area contributed by atoms with Gasteiger partial charge in [-0.3, -0.25) is 0 Å². The predicted molar refractivity (Wildman–Crippen MR) is 62.7 cm³/mol. The summed E-state index contributed by atoms with van der Waals surface area (Å²) in [6, 6.07) is 5.68. The predicted octanol–water partition coefficient (Wildman–Crippen LogP) is 2.32. The maximum atomic E-state index is 5.97. The number of hydrogen-bond donors (Lipinski definition) is 1. The number of benzene rings is 1. The van der Waals surface area contributed by atoms with Gasteiger partial charge in [-0.15, -0.1) is 5.10 Å². The molecule has 0 aliphatic carbocycles. The van der Waals surface area contributed by atoms with Crippen molar-refractivity contribution in [3.63, 3.8) is 0 Å². The molecule has 78 valence electrons. The van der Waals surface area contributed by atoms with Crippen molar-refractivity contribution < 1.29 is 0 Å². The Labute approximate surface area is 100 Å². The molecular formula is C9H8BrClN4. The fourth-order valence-corrected chi connectivity index (χ4v) is 1.81. The molecule has 1 heterocycles. The van der Waals surface area contributed by atoms with Gasteiger partial charge in [0, 0.05) is 4.47 Å². The van der Waals surface area contributed by atoms with Crippen LogP contribution in [0.25, 0.3) is 0 Å². The minimum absolute atomic E-state index is 0.271. The highest BCUT2D eigenvalue weighted by Gasteiger charge is 2.05. The summed E-state index contributed by atoms with van der Waals surface area (Å²) < 4.78 is 2.53. The molecule has 4 nitrogen and oxygen atoms in total. The summed E-state index contributed by atoms with van der Waals surface area (Å²) in [5, 5.41) is 4.68. The van der Waals surface area contributed by atoms with E-state index >= 15 is 0 Å². The summed E-state index contributed by atoms with van der Waals surface area (Å²) in [5.41, 5.74) is 6.45. The van der Waals surface area contributed by atoms with Gasteiger partial charge in [-0.05, 0) is 27.6 Å². The van der Waals surface area contributed by atoms with Gasteiger partial charge in [0.25, 0.3) is 0 Å². The monoisotopic (exact) mass is 286 g/mol. The van der Waals surface area contributed by atoms with Crippen molar-refractivity contribution in [2.45, 2.75) is 6.54 Å². The van der Waals surface area contributed by atoms with Crippen LogP contribution in [0, 0.1) is 0 Å². The van der Waals surface area contributed by atoms with E-state index in [-0.39, 0.29) is 5.95 Å². The quantitative estimate of drug-likeness (QED) is 0.922. The maximum absolute atomic E-state index is 5.97. The molecular weight excluding hydrogens is 279 g/mol. The number of halogens is 2. The summed E-state index contributed by atoms with van der Waals surface area (Å²) >= 11 is 9.39. The Bertz CT molecular complexity index is 483. The van der Waals surface area contributed by atoms with Crippen molar-refractivity contribution in [3.05, 3.63) is 39.6 Å². The van der Waals surface area contributed by atoms with E-state index in [1.165, 1.54) is 0 Å². The van der Waals surface area contributed by atoms with Crippen LogP contribution in [0.5, 0.6) is 0 Å². The highest BCUT2D eigenvalue weighted by Crippen LogP contribution is 2.26. The molecule has 0 amide bonds. The molecule has 0 spiro atoms. The fraction of sp³-hybridized carbons (Fsp3) is 0.111. The largest absolute Gasteiger partial charge is 0.367 e. The molecule has 2 rings (SSSR count). The van der Waals surface area contributed by atoms with Crippen LogP contribution in [0.15, 0.2) is 29.0 Å². The van der Waals surface area contributed by atoms with Crippen molar-refractivity contribution in [1.82, 2.24) is 14.8 Å².